The van der Waals surface area contributed by atoms with E-state index < -0.39 is 5.91 Å². The first kappa shape index (κ1) is 22.4. The molecule has 2 amide bonds. The summed E-state index contributed by atoms with van der Waals surface area (Å²) in [5, 5.41) is 3.00. The van der Waals surface area contributed by atoms with Gasteiger partial charge in [-0.2, -0.15) is 0 Å². The summed E-state index contributed by atoms with van der Waals surface area (Å²) in [6.07, 6.45) is 0. The van der Waals surface area contributed by atoms with Gasteiger partial charge in [0, 0.05) is 43.1 Å². The van der Waals surface area contributed by atoms with Crippen LogP contribution in [0.1, 0.15) is 44.8 Å². The van der Waals surface area contributed by atoms with Crippen LogP contribution >= 0.6 is 0 Å². The number of benzene rings is 3. The molecule has 170 valence electrons. The van der Waals surface area contributed by atoms with Crippen molar-refractivity contribution in [3.05, 3.63) is 95.1 Å². The van der Waals surface area contributed by atoms with Crippen molar-refractivity contribution in [1.29, 1.82) is 0 Å². The number of nitrogens with zero attached hydrogens (tertiary/aromatic N) is 2. The molecule has 0 aromatic heterocycles. The van der Waals surface area contributed by atoms with Gasteiger partial charge in [-0.1, -0.05) is 48.5 Å². The van der Waals surface area contributed by atoms with E-state index in [0.29, 0.717) is 11.1 Å². The molecule has 0 aliphatic carbocycles. The fraction of sp³-hybridized carbons (Fsp3) is 0.259. The Balaban J connectivity index is 1.48. The number of carbonyl (C=O) groups excluding carboxylic acids is 2. The Labute approximate surface area is 195 Å². The van der Waals surface area contributed by atoms with Crippen molar-refractivity contribution in [2.75, 3.05) is 36.0 Å². The molecule has 3 aromatic rings. The zero-order chi connectivity index (χ0) is 23.4. The lowest BCUT2D eigenvalue weighted by Crippen LogP contribution is -2.47. The summed E-state index contributed by atoms with van der Waals surface area (Å²) in [7, 11) is 0. The van der Waals surface area contributed by atoms with Crippen molar-refractivity contribution in [1.82, 2.24) is 5.32 Å². The Kier molecular flexibility index (Phi) is 6.63. The van der Waals surface area contributed by atoms with Crippen LogP contribution in [0.2, 0.25) is 0 Å². The van der Waals surface area contributed by atoms with Crippen LogP contribution in [0.4, 0.5) is 11.4 Å². The van der Waals surface area contributed by atoms with Gasteiger partial charge in [-0.25, -0.2) is 0 Å². The van der Waals surface area contributed by atoms with E-state index in [9.17, 15) is 9.59 Å². The van der Waals surface area contributed by atoms with Gasteiger partial charge in [-0.3, -0.25) is 9.59 Å². The number of aryl methyl sites for hydroxylation is 1. The minimum atomic E-state index is -0.530. The predicted molar refractivity (Wildman–Crippen MR) is 133 cm³/mol. The van der Waals surface area contributed by atoms with E-state index in [2.05, 4.69) is 40.2 Å². The summed E-state index contributed by atoms with van der Waals surface area (Å²) in [5.41, 5.74) is 10.8. The molecule has 1 atom stereocenters. The molecule has 0 bridgehead atoms. The zero-order valence-electron chi connectivity index (χ0n) is 19.1. The van der Waals surface area contributed by atoms with Gasteiger partial charge in [0.2, 0.25) is 0 Å². The average Bonchev–Trinajstić information content (AvgIpc) is 2.84. The molecule has 0 unspecified atom stereocenters. The topological polar surface area (TPSA) is 78.7 Å². The molecule has 3 N–H and O–H groups in total. The smallest absolute Gasteiger partial charge is 0.251 e. The molecule has 0 saturated carbocycles. The summed E-state index contributed by atoms with van der Waals surface area (Å²) < 4.78 is 0. The van der Waals surface area contributed by atoms with Crippen LogP contribution < -0.4 is 20.9 Å². The third kappa shape index (κ3) is 5.00. The summed E-state index contributed by atoms with van der Waals surface area (Å²) in [6.45, 7) is 7.29. The number of piperazine rings is 1. The number of rotatable bonds is 6. The van der Waals surface area contributed by atoms with Gasteiger partial charge in [0.1, 0.15) is 0 Å². The van der Waals surface area contributed by atoms with E-state index in [1.807, 2.05) is 49.4 Å². The molecular weight excluding hydrogens is 412 g/mol. The van der Waals surface area contributed by atoms with Gasteiger partial charge >= 0.3 is 0 Å². The first-order valence-corrected chi connectivity index (χ1v) is 11.3. The number of hydrogen-bond acceptors (Lipinski definition) is 4. The van der Waals surface area contributed by atoms with E-state index in [0.717, 1.165) is 37.4 Å². The van der Waals surface area contributed by atoms with Gasteiger partial charge in [-0.15, -0.1) is 0 Å². The first-order valence-electron chi connectivity index (χ1n) is 11.3. The van der Waals surface area contributed by atoms with E-state index >= 15 is 0 Å². The van der Waals surface area contributed by atoms with Crippen molar-refractivity contribution >= 4 is 23.2 Å². The number of amides is 2. The summed E-state index contributed by atoms with van der Waals surface area (Å²) in [6, 6.07) is 23.2. The van der Waals surface area contributed by atoms with Crippen molar-refractivity contribution < 1.29 is 9.59 Å². The second-order valence-electron chi connectivity index (χ2n) is 8.46. The Morgan fingerprint density at radius 1 is 0.848 bits per heavy atom. The van der Waals surface area contributed by atoms with E-state index in [-0.39, 0.29) is 11.9 Å². The van der Waals surface area contributed by atoms with Crippen LogP contribution in [0.15, 0.2) is 72.8 Å². The number of para-hydroxylation sites is 1. The molecule has 0 radical (unpaired) electrons. The lowest BCUT2D eigenvalue weighted by Gasteiger charge is -2.38. The summed E-state index contributed by atoms with van der Waals surface area (Å²) in [5.74, 6) is -0.762. The fourth-order valence-corrected chi connectivity index (χ4v) is 4.36. The van der Waals surface area contributed by atoms with Crippen molar-refractivity contribution in [2.24, 2.45) is 5.73 Å². The first-order chi connectivity index (χ1) is 15.9. The standard InChI is InChI=1S/C27H30N4O2/c1-19-8-6-7-11-24(19)30-14-16-31(17-15-30)25-13-12-22(18-23(25)26(28)32)27(33)29-20(2)21-9-4-3-5-10-21/h3-13,18,20H,14-17H2,1-2H3,(H2,28,32)(H,29,33)/t20-/m0/s1. The van der Waals surface area contributed by atoms with E-state index in [4.69, 9.17) is 5.73 Å². The van der Waals surface area contributed by atoms with Crippen molar-refractivity contribution in [3.8, 4) is 0 Å². The number of hydrogen-bond donors (Lipinski definition) is 2. The third-order valence-electron chi connectivity index (χ3n) is 6.25. The number of nitrogens with one attached hydrogen (secondary N) is 1. The highest BCUT2D eigenvalue weighted by Crippen LogP contribution is 2.26. The van der Waals surface area contributed by atoms with Crippen LogP contribution in [0.3, 0.4) is 0 Å². The molecular formula is C27H30N4O2. The average molecular weight is 443 g/mol. The molecule has 4 rings (SSSR count). The normalized spacial score (nSPS) is 14.6. The molecule has 1 saturated heterocycles. The van der Waals surface area contributed by atoms with Crippen LogP contribution in [0, 0.1) is 6.92 Å². The largest absolute Gasteiger partial charge is 0.368 e. The maximum absolute atomic E-state index is 12.8. The SMILES string of the molecule is Cc1ccccc1N1CCN(c2ccc(C(=O)N[C@@H](C)c3ccccc3)cc2C(N)=O)CC1. The highest BCUT2D eigenvalue weighted by atomic mass is 16.2. The Hall–Kier alpha value is -3.80. The quantitative estimate of drug-likeness (QED) is 0.607. The molecule has 1 fully saturated rings. The predicted octanol–water partition coefficient (Wildman–Crippen LogP) is 3.91. The maximum Gasteiger partial charge on any atom is 0.251 e. The van der Waals surface area contributed by atoms with E-state index in [1.54, 1.807) is 12.1 Å². The highest BCUT2D eigenvalue weighted by Gasteiger charge is 2.23. The van der Waals surface area contributed by atoms with Crippen LogP contribution in [-0.2, 0) is 0 Å². The van der Waals surface area contributed by atoms with Crippen LogP contribution in [-0.4, -0.2) is 38.0 Å². The van der Waals surface area contributed by atoms with Crippen molar-refractivity contribution in [3.63, 3.8) is 0 Å². The van der Waals surface area contributed by atoms with Gasteiger partial charge in [-0.05, 0) is 49.2 Å². The van der Waals surface area contributed by atoms with Gasteiger partial charge in [0.15, 0.2) is 0 Å². The van der Waals surface area contributed by atoms with Gasteiger partial charge < -0.3 is 20.9 Å². The number of nitrogens with two attached hydrogens (primary N) is 1. The molecule has 6 heteroatoms. The Morgan fingerprint density at radius 2 is 1.45 bits per heavy atom. The molecule has 1 aliphatic rings. The van der Waals surface area contributed by atoms with Crippen LogP contribution in [0.5, 0.6) is 0 Å². The molecule has 1 aliphatic heterocycles. The minimum Gasteiger partial charge on any atom is -0.368 e. The number of anilines is 2. The summed E-state index contributed by atoms with van der Waals surface area (Å²) in [4.78, 5) is 29.6. The molecule has 6 nitrogen and oxygen atoms in total. The lowest BCUT2D eigenvalue weighted by atomic mass is 10.0. The Morgan fingerprint density at radius 3 is 2.09 bits per heavy atom. The fourth-order valence-electron chi connectivity index (χ4n) is 4.36. The zero-order valence-corrected chi connectivity index (χ0v) is 19.1. The van der Waals surface area contributed by atoms with Gasteiger partial charge in [0.25, 0.3) is 11.8 Å². The highest BCUT2D eigenvalue weighted by molar-refractivity contribution is 6.03. The Bertz CT molecular complexity index is 1140. The summed E-state index contributed by atoms with van der Waals surface area (Å²) >= 11 is 0. The van der Waals surface area contributed by atoms with E-state index in [1.165, 1.54) is 11.3 Å². The lowest BCUT2D eigenvalue weighted by molar-refractivity contribution is 0.0940. The molecule has 0 spiro atoms. The number of primary amides is 1. The maximum atomic E-state index is 12.8. The van der Waals surface area contributed by atoms with Crippen LogP contribution in [0.25, 0.3) is 0 Å². The number of carbonyl (C=O) groups is 2. The van der Waals surface area contributed by atoms with Crippen molar-refractivity contribution in [2.45, 2.75) is 19.9 Å². The second kappa shape index (κ2) is 9.77. The second-order valence-corrected chi connectivity index (χ2v) is 8.46. The minimum absolute atomic E-state index is 0.148. The monoisotopic (exact) mass is 442 g/mol. The third-order valence-corrected chi connectivity index (χ3v) is 6.25. The molecule has 1 heterocycles. The molecule has 3 aromatic carbocycles. The molecule has 33 heavy (non-hydrogen) atoms. The van der Waals surface area contributed by atoms with Gasteiger partial charge in [0.05, 0.1) is 11.6 Å².